The van der Waals surface area contributed by atoms with E-state index < -0.39 is 11.6 Å². The number of pyridine rings is 1. The number of piperidine rings is 1. The van der Waals surface area contributed by atoms with Gasteiger partial charge in [-0.05, 0) is 70.4 Å². The predicted molar refractivity (Wildman–Crippen MR) is 137 cm³/mol. The molecule has 4 fully saturated rings. The summed E-state index contributed by atoms with van der Waals surface area (Å²) in [7, 11) is 0. The van der Waals surface area contributed by atoms with Crippen LogP contribution in [0.2, 0.25) is 0 Å². The van der Waals surface area contributed by atoms with Gasteiger partial charge < -0.3 is 18.9 Å². The van der Waals surface area contributed by atoms with Crippen molar-refractivity contribution in [2.24, 2.45) is 0 Å². The summed E-state index contributed by atoms with van der Waals surface area (Å²) < 4.78 is 14.3. The summed E-state index contributed by atoms with van der Waals surface area (Å²) in [5.41, 5.74) is 2.16. The van der Waals surface area contributed by atoms with E-state index in [0.29, 0.717) is 37.8 Å². The highest BCUT2D eigenvalue weighted by Crippen LogP contribution is 2.47. The van der Waals surface area contributed by atoms with Crippen LogP contribution in [0.15, 0.2) is 18.5 Å². The van der Waals surface area contributed by atoms with Crippen LogP contribution >= 0.6 is 0 Å². The number of likely N-dealkylation sites (tertiary alicyclic amines) is 1. The fraction of sp³-hybridized carbons (Fsp3) is 0.630. The molecule has 37 heavy (non-hydrogen) atoms. The number of nitrogens with zero attached hydrogens (tertiary/aromatic N) is 4. The lowest BCUT2D eigenvalue weighted by molar-refractivity contribution is -0.120. The van der Waals surface area contributed by atoms with Crippen LogP contribution < -0.4 is 10.2 Å². The highest BCUT2D eigenvalue weighted by Gasteiger charge is 2.45. The number of aromatic nitrogens is 2. The molecule has 4 amide bonds. The highest BCUT2D eigenvalue weighted by atomic mass is 16.6. The molecule has 2 aromatic rings. The summed E-state index contributed by atoms with van der Waals surface area (Å²) >= 11 is 0. The number of carbonyl (C=O) groups is 3. The molecular weight excluding hydrogens is 474 g/mol. The molecule has 0 radical (unpaired) electrons. The Morgan fingerprint density at radius 3 is 2.62 bits per heavy atom. The second-order valence-electron chi connectivity index (χ2n) is 11.9. The average Bonchev–Trinajstić information content (AvgIpc) is 3.50. The number of fused-ring (bicyclic) bond motifs is 1. The van der Waals surface area contributed by atoms with Gasteiger partial charge in [-0.25, -0.2) is 14.6 Å². The molecule has 4 aliphatic rings. The monoisotopic (exact) mass is 509 g/mol. The van der Waals surface area contributed by atoms with Gasteiger partial charge in [-0.3, -0.25) is 15.0 Å². The minimum Gasteiger partial charge on any atom is -0.444 e. The second kappa shape index (κ2) is 8.72. The van der Waals surface area contributed by atoms with Gasteiger partial charge in [0.15, 0.2) is 0 Å². The van der Waals surface area contributed by atoms with E-state index in [4.69, 9.17) is 14.5 Å². The highest BCUT2D eigenvalue weighted by molar-refractivity contribution is 6.06. The summed E-state index contributed by atoms with van der Waals surface area (Å²) in [6.07, 6.45) is 8.78. The van der Waals surface area contributed by atoms with E-state index >= 15 is 0 Å². The van der Waals surface area contributed by atoms with Gasteiger partial charge in [0.05, 0.1) is 30.1 Å². The normalized spacial score (nSPS) is 24.1. The molecule has 1 spiro atoms. The van der Waals surface area contributed by atoms with Gasteiger partial charge in [-0.15, -0.1) is 0 Å². The molecular formula is C27H35N5O5. The largest absolute Gasteiger partial charge is 0.444 e. The first-order chi connectivity index (χ1) is 17.6. The number of anilines is 1. The van der Waals surface area contributed by atoms with Crippen molar-refractivity contribution in [3.8, 4) is 0 Å². The number of imide groups is 1. The van der Waals surface area contributed by atoms with Crippen molar-refractivity contribution in [1.29, 1.82) is 0 Å². The summed E-state index contributed by atoms with van der Waals surface area (Å²) in [6, 6.07) is 1.82. The van der Waals surface area contributed by atoms with Crippen LogP contribution in [0.3, 0.4) is 0 Å². The molecule has 6 rings (SSSR count). The number of urea groups is 1. The smallest absolute Gasteiger partial charge is 0.410 e. The number of hydrogen-bond donors (Lipinski definition) is 1. The molecule has 3 saturated heterocycles. The Labute approximate surface area is 216 Å². The molecule has 3 aliphatic heterocycles. The van der Waals surface area contributed by atoms with Crippen LogP contribution in [0.1, 0.15) is 76.8 Å². The van der Waals surface area contributed by atoms with E-state index in [9.17, 15) is 14.4 Å². The van der Waals surface area contributed by atoms with Crippen molar-refractivity contribution < 1.29 is 23.9 Å². The first-order valence-corrected chi connectivity index (χ1v) is 13.3. The van der Waals surface area contributed by atoms with Gasteiger partial charge >= 0.3 is 12.1 Å². The van der Waals surface area contributed by atoms with E-state index in [-0.39, 0.29) is 30.1 Å². The lowest BCUT2D eigenvalue weighted by atomic mass is 9.87. The van der Waals surface area contributed by atoms with Crippen molar-refractivity contribution in [1.82, 2.24) is 19.8 Å². The number of ether oxygens (including phenoxy) is 2. The predicted octanol–water partition coefficient (Wildman–Crippen LogP) is 4.09. The number of carbonyl (C=O) groups excluding carboxylic acids is 3. The molecule has 1 N–H and O–H groups in total. The van der Waals surface area contributed by atoms with Crippen LogP contribution in [0.5, 0.6) is 0 Å². The molecule has 0 aromatic carbocycles. The molecule has 10 nitrogen and oxygen atoms in total. The lowest BCUT2D eigenvalue weighted by Gasteiger charge is -2.39. The molecule has 0 unspecified atom stereocenters. The second-order valence-corrected chi connectivity index (χ2v) is 11.9. The number of rotatable bonds is 3. The number of nitrogens with one attached hydrogen (secondary N) is 1. The minimum atomic E-state index is -0.502. The molecule has 1 saturated carbocycles. The van der Waals surface area contributed by atoms with Gasteiger partial charge in [0, 0.05) is 37.6 Å². The first kappa shape index (κ1) is 24.2. The van der Waals surface area contributed by atoms with Crippen molar-refractivity contribution in [3.05, 3.63) is 24.0 Å². The maximum Gasteiger partial charge on any atom is 0.410 e. The first-order valence-electron chi connectivity index (χ1n) is 13.3. The molecule has 198 valence electrons. The van der Waals surface area contributed by atoms with Gasteiger partial charge in [-0.2, -0.15) is 0 Å². The van der Waals surface area contributed by atoms with Crippen LogP contribution in [0.25, 0.3) is 11.0 Å². The fourth-order valence-corrected chi connectivity index (χ4v) is 5.87. The lowest BCUT2D eigenvalue weighted by Crippen LogP contribution is -2.49. The third-order valence-corrected chi connectivity index (χ3v) is 7.98. The van der Waals surface area contributed by atoms with E-state index in [0.717, 1.165) is 43.1 Å². The maximum atomic E-state index is 12.5. The summed E-state index contributed by atoms with van der Waals surface area (Å²) in [6.45, 7) is 7.89. The van der Waals surface area contributed by atoms with E-state index in [1.54, 1.807) is 16.0 Å². The van der Waals surface area contributed by atoms with Gasteiger partial charge in [0.25, 0.3) is 0 Å². The maximum absolute atomic E-state index is 12.5. The van der Waals surface area contributed by atoms with Crippen LogP contribution in [0, 0.1) is 0 Å². The zero-order valence-corrected chi connectivity index (χ0v) is 21.8. The fourth-order valence-electron chi connectivity index (χ4n) is 5.87. The zero-order chi connectivity index (χ0) is 25.9. The zero-order valence-electron chi connectivity index (χ0n) is 21.8. The summed E-state index contributed by atoms with van der Waals surface area (Å²) in [4.78, 5) is 44.7. The molecule has 1 aliphatic carbocycles. The van der Waals surface area contributed by atoms with Crippen LogP contribution in [-0.2, 0) is 14.3 Å². The van der Waals surface area contributed by atoms with Crippen molar-refractivity contribution >= 4 is 34.8 Å². The van der Waals surface area contributed by atoms with Crippen LogP contribution in [-0.4, -0.2) is 69.9 Å². The summed E-state index contributed by atoms with van der Waals surface area (Å²) in [5, 5.41) is 3.47. The van der Waals surface area contributed by atoms with Crippen molar-refractivity contribution in [2.75, 3.05) is 31.1 Å². The van der Waals surface area contributed by atoms with E-state index in [2.05, 4.69) is 16.1 Å². The Hall–Kier alpha value is -3.14. The molecule has 10 heteroatoms. The Bertz CT molecular complexity index is 1250. The topological polar surface area (TPSA) is 106 Å². The van der Waals surface area contributed by atoms with Crippen molar-refractivity contribution in [2.45, 2.75) is 82.5 Å². The molecule has 0 bridgehead atoms. The van der Waals surface area contributed by atoms with Gasteiger partial charge in [0.2, 0.25) is 5.91 Å². The molecule has 1 atom stereocenters. The summed E-state index contributed by atoms with van der Waals surface area (Å²) in [5.74, 6) is 0.276. The third-order valence-electron chi connectivity index (χ3n) is 7.98. The quantitative estimate of drug-likeness (QED) is 0.668. The standard InChI is InChI=1S/C27H35N5O5/c1-26(2,3)37-25(35)30-10-7-27(8-11-30)13-19(16-36-27)32-15-21(17-4-5-17)20-12-18(14-28-23(20)32)31-9-6-22(33)29-24(31)34/h12,14-15,17,19H,4-11,13,16H2,1-3H3,(H,29,33,34)/t19-/m1/s1. The third kappa shape index (κ3) is 4.67. The van der Waals surface area contributed by atoms with Crippen molar-refractivity contribution in [3.63, 3.8) is 0 Å². The van der Waals surface area contributed by atoms with E-state index in [1.165, 1.54) is 5.56 Å². The Morgan fingerprint density at radius 2 is 1.95 bits per heavy atom. The van der Waals surface area contributed by atoms with Gasteiger partial charge in [0.1, 0.15) is 11.2 Å². The van der Waals surface area contributed by atoms with E-state index in [1.807, 2.05) is 26.8 Å². The number of hydrogen-bond acceptors (Lipinski definition) is 6. The van der Waals surface area contributed by atoms with Crippen LogP contribution in [0.4, 0.5) is 15.3 Å². The number of amides is 4. The Morgan fingerprint density at radius 1 is 1.19 bits per heavy atom. The molecule has 5 heterocycles. The Kier molecular flexibility index (Phi) is 5.70. The SMILES string of the molecule is CC(C)(C)OC(=O)N1CCC2(CC1)C[C@@H](n1cc(C3CC3)c3cc(N4CCC(=O)NC4=O)cnc31)CO2. The Balaban J connectivity index is 1.21. The van der Waals surface area contributed by atoms with Gasteiger partial charge in [-0.1, -0.05) is 0 Å². The average molecular weight is 510 g/mol. The molecule has 2 aromatic heterocycles. The minimum absolute atomic E-state index is 0.164.